The third-order valence-corrected chi connectivity index (χ3v) is 6.50. The number of amidine groups is 1. The molecule has 0 bridgehead atoms. The van der Waals surface area contributed by atoms with Crippen LogP contribution in [-0.4, -0.2) is 44.3 Å². The molecule has 1 atom stereocenters. The average Bonchev–Trinajstić information content (AvgIpc) is 3.21. The molecular formula is C24H26N8O. The first-order chi connectivity index (χ1) is 16.1. The molecule has 3 N–H and O–H groups in total. The molecule has 2 aromatic heterocycles. The fraction of sp³-hybridized carbons (Fsp3) is 0.333. The van der Waals surface area contributed by atoms with Crippen molar-refractivity contribution >= 4 is 45.0 Å². The van der Waals surface area contributed by atoms with E-state index >= 15 is 0 Å². The number of hydrogen-bond donors (Lipinski definition) is 2. The van der Waals surface area contributed by atoms with E-state index in [1.165, 1.54) is 4.68 Å². The van der Waals surface area contributed by atoms with Crippen molar-refractivity contribution in [1.82, 2.24) is 19.3 Å². The number of imidazole rings is 1. The third kappa shape index (κ3) is 3.27. The van der Waals surface area contributed by atoms with E-state index in [4.69, 9.17) is 15.7 Å². The number of aryl methyl sites for hydroxylation is 1. The molecule has 1 saturated heterocycles. The Morgan fingerprint density at radius 2 is 2.06 bits per heavy atom. The molecule has 168 valence electrons. The number of piperidine rings is 1. The van der Waals surface area contributed by atoms with Crippen LogP contribution in [0.5, 0.6) is 0 Å². The normalized spacial score (nSPS) is 17.9. The van der Waals surface area contributed by atoms with Crippen molar-refractivity contribution in [3.8, 4) is 0 Å². The van der Waals surface area contributed by atoms with Crippen LogP contribution in [0.4, 0.5) is 17.3 Å². The molecular weight excluding hydrogens is 416 g/mol. The van der Waals surface area contributed by atoms with Gasteiger partial charge in [-0.15, -0.1) is 0 Å². The summed E-state index contributed by atoms with van der Waals surface area (Å²) < 4.78 is 3.45. The summed E-state index contributed by atoms with van der Waals surface area (Å²) in [5, 5.41) is 10.0. The standard InChI is InChI=1S/C24H26N8O/c1-2-31-22-19(29-24(31)30-11-5-8-16(25)13-30)12-26-32(23(22)33)14-20-27-17-9-3-6-15-7-4-10-18(28-20)21(15)17/h3-4,6-7,9-10,12,16H,2,5,8,11,13-14,25H2,1H3,(H,27,28). The van der Waals surface area contributed by atoms with Crippen LogP contribution in [0, 0.1) is 0 Å². The Kier molecular flexibility index (Phi) is 4.65. The van der Waals surface area contributed by atoms with Crippen molar-refractivity contribution in [1.29, 1.82) is 0 Å². The first-order valence-corrected chi connectivity index (χ1v) is 11.5. The van der Waals surface area contributed by atoms with Gasteiger partial charge < -0.3 is 20.5 Å². The van der Waals surface area contributed by atoms with E-state index in [0.29, 0.717) is 23.4 Å². The van der Waals surface area contributed by atoms with E-state index in [2.05, 4.69) is 27.4 Å². The minimum atomic E-state index is -0.170. The largest absolute Gasteiger partial charge is 0.342 e. The van der Waals surface area contributed by atoms with E-state index < -0.39 is 0 Å². The Bertz CT molecular complexity index is 1460. The van der Waals surface area contributed by atoms with E-state index in [1.807, 2.05) is 35.8 Å². The second kappa shape index (κ2) is 7.70. The quantitative estimate of drug-likeness (QED) is 0.503. The van der Waals surface area contributed by atoms with Crippen LogP contribution < -0.4 is 21.5 Å². The molecule has 2 aromatic carbocycles. The summed E-state index contributed by atoms with van der Waals surface area (Å²) in [4.78, 5) is 25.2. The minimum Gasteiger partial charge on any atom is -0.342 e. The topological polar surface area (TPSA) is 106 Å². The first-order valence-electron chi connectivity index (χ1n) is 11.5. The van der Waals surface area contributed by atoms with Gasteiger partial charge in [-0.2, -0.15) is 5.10 Å². The lowest BCUT2D eigenvalue weighted by Crippen LogP contribution is -2.44. The highest BCUT2D eigenvalue weighted by atomic mass is 16.1. The zero-order valence-electron chi connectivity index (χ0n) is 18.5. The van der Waals surface area contributed by atoms with Crippen LogP contribution in [0.2, 0.25) is 0 Å². The Hall–Kier alpha value is -3.72. The highest BCUT2D eigenvalue weighted by Crippen LogP contribution is 2.35. The Balaban J connectivity index is 1.39. The van der Waals surface area contributed by atoms with Crippen LogP contribution in [0.1, 0.15) is 19.8 Å². The molecule has 0 radical (unpaired) electrons. The molecule has 1 unspecified atom stereocenters. The molecule has 0 spiro atoms. The van der Waals surface area contributed by atoms with Gasteiger partial charge in [0.15, 0.2) is 0 Å². The van der Waals surface area contributed by atoms with Crippen molar-refractivity contribution in [2.24, 2.45) is 10.7 Å². The second-order valence-corrected chi connectivity index (χ2v) is 8.71. The number of benzene rings is 2. The number of nitrogens with one attached hydrogen (secondary N) is 1. The first kappa shape index (κ1) is 19.9. The van der Waals surface area contributed by atoms with Gasteiger partial charge in [0.2, 0.25) is 5.95 Å². The van der Waals surface area contributed by atoms with Crippen LogP contribution in [0.3, 0.4) is 0 Å². The summed E-state index contributed by atoms with van der Waals surface area (Å²) in [6.45, 7) is 4.56. The molecule has 2 aliphatic rings. The van der Waals surface area contributed by atoms with Gasteiger partial charge in [0.25, 0.3) is 5.56 Å². The van der Waals surface area contributed by atoms with E-state index in [9.17, 15) is 4.79 Å². The maximum Gasteiger partial charge on any atom is 0.293 e. The Labute approximate surface area is 190 Å². The number of aromatic nitrogens is 4. The lowest BCUT2D eigenvalue weighted by molar-refractivity contribution is 0.494. The Morgan fingerprint density at radius 3 is 2.88 bits per heavy atom. The predicted octanol–water partition coefficient (Wildman–Crippen LogP) is 2.85. The summed E-state index contributed by atoms with van der Waals surface area (Å²) in [6.07, 6.45) is 3.72. The molecule has 9 heteroatoms. The number of rotatable bonds is 4. The van der Waals surface area contributed by atoms with Crippen molar-refractivity contribution in [2.45, 2.75) is 38.9 Å². The van der Waals surface area contributed by atoms with Gasteiger partial charge in [-0.25, -0.2) is 14.7 Å². The molecule has 1 fully saturated rings. The molecule has 9 nitrogen and oxygen atoms in total. The maximum atomic E-state index is 13.5. The van der Waals surface area contributed by atoms with Gasteiger partial charge in [-0.3, -0.25) is 4.79 Å². The fourth-order valence-corrected chi connectivity index (χ4v) is 4.98. The average molecular weight is 443 g/mol. The van der Waals surface area contributed by atoms with Crippen molar-refractivity contribution in [3.05, 3.63) is 52.9 Å². The summed E-state index contributed by atoms with van der Waals surface area (Å²) in [5.41, 5.74) is 9.09. The molecule has 33 heavy (non-hydrogen) atoms. The molecule has 2 aliphatic heterocycles. The maximum absolute atomic E-state index is 13.5. The summed E-state index contributed by atoms with van der Waals surface area (Å²) in [5.74, 6) is 1.48. The number of fused-ring (bicyclic) bond motifs is 1. The van der Waals surface area contributed by atoms with Gasteiger partial charge in [0, 0.05) is 36.7 Å². The summed E-state index contributed by atoms with van der Waals surface area (Å²) in [6, 6.07) is 12.3. The zero-order chi connectivity index (χ0) is 22.5. The van der Waals surface area contributed by atoms with Crippen molar-refractivity contribution in [2.75, 3.05) is 23.3 Å². The summed E-state index contributed by atoms with van der Waals surface area (Å²) in [7, 11) is 0. The number of nitrogens with two attached hydrogens (primary N) is 1. The van der Waals surface area contributed by atoms with Crippen LogP contribution in [-0.2, 0) is 13.1 Å². The monoisotopic (exact) mass is 442 g/mol. The molecule has 4 heterocycles. The van der Waals surface area contributed by atoms with Crippen molar-refractivity contribution in [3.63, 3.8) is 0 Å². The lowest BCUT2D eigenvalue weighted by atomic mass is 10.1. The van der Waals surface area contributed by atoms with Gasteiger partial charge in [-0.1, -0.05) is 24.3 Å². The molecule has 0 saturated carbocycles. The van der Waals surface area contributed by atoms with Crippen molar-refractivity contribution < 1.29 is 0 Å². The molecule has 6 rings (SSSR count). The molecule has 0 aliphatic carbocycles. The Morgan fingerprint density at radius 1 is 1.21 bits per heavy atom. The van der Waals surface area contributed by atoms with E-state index in [0.717, 1.165) is 54.0 Å². The van der Waals surface area contributed by atoms with Gasteiger partial charge in [-0.05, 0) is 37.3 Å². The molecule has 4 aromatic rings. The lowest BCUT2D eigenvalue weighted by Gasteiger charge is -2.31. The molecule has 0 amide bonds. The number of nitrogens with zero attached hydrogens (tertiary/aromatic N) is 6. The highest BCUT2D eigenvalue weighted by Gasteiger charge is 2.24. The summed E-state index contributed by atoms with van der Waals surface area (Å²) >= 11 is 0. The smallest absolute Gasteiger partial charge is 0.293 e. The van der Waals surface area contributed by atoms with Crippen LogP contribution >= 0.6 is 0 Å². The van der Waals surface area contributed by atoms with Crippen LogP contribution in [0.25, 0.3) is 21.8 Å². The fourth-order valence-electron chi connectivity index (χ4n) is 4.98. The number of aliphatic imine (C=N–C) groups is 1. The van der Waals surface area contributed by atoms with E-state index in [1.54, 1.807) is 6.20 Å². The number of hydrogen-bond acceptors (Lipinski definition) is 7. The van der Waals surface area contributed by atoms with Crippen LogP contribution in [0.15, 0.2) is 52.4 Å². The highest BCUT2D eigenvalue weighted by molar-refractivity contribution is 6.13. The second-order valence-electron chi connectivity index (χ2n) is 8.71. The van der Waals surface area contributed by atoms with Gasteiger partial charge >= 0.3 is 0 Å². The van der Waals surface area contributed by atoms with Gasteiger partial charge in [0.05, 0.1) is 11.9 Å². The number of anilines is 2. The van der Waals surface area contributed by atoms with E-state index in [-0.39, 0.29) is 18.1 Å². The predicted molar refractivity (Wildman–Crippen MR) is 132 cm³/mol. The van der Waals surface area contributed by atoms with Gasteiger partial charge in [0.1, 0.15) is 23.4 Å². The third-order valence-electron chi connectivity index (χ3n) is 6.50. The minimum absolute atomic E-state index is 0.126. The zero-order valence-corrected chi connectivity index (χ0v) is 18.5. The SMILES string of the molecule is CCn1c(N2CCCC(N)C2)nc2cnn(CC3=Nc4cccc5cccc(c45)N3)c(=O)c21.